The second kappa shape index (κ2) is 3.77. The summed E-state index contributed by atoms with van der Waals surface area (Å²) in [6, 6.07) is 0. The van der Waals surface area contributed by atoms with E-state index in [0.717, 1.165) is 6.54 Å². The van der Waals surface area contributed by atoms with Crippen molar-refractivity contribution in [2.75, 3.05) is 13.1 Å². The maximum Gasteiger partial charge on any atom is -0.00460 e. The maximum atomic E-state index is 3.32. The van der Waals surface area contributed by atoms with Gasteiger partial charge in [0.2, 0.25) is 0 Å². The standard InChI is InChI=1S/C9H17N/c1-3-10-6-4-5-9-7-8(9)2/h10H,3-7H2,1-2H3. The van der Waals surface area contributed by atoms with E-state index in [1.807, 2.05) is 0 Å². The molecular weight excluding hydrogens is 122 g/mol. The van der Waals surface area contributed by atoms with E-state index in [2.05, 4.69) is 19.2 Å². The number of hydrogen-bond acceptors (Lipinski definition) is 1. The molecule has 0 aromatic carbocycles. The molecule has 0 amide bonds. The molecule has 1 aliphatic rings. The van der Waals surface area contributed by atoms with Crippen molar-refractivity contribution in [2.45, 2.75) is 33.1 Å². The zero-order valence-electron chi connectivity index (χ0n) is 7.04. The first-order chi connectivity index (χ1) is 4.84. The van der Waals surface area contributed by atoms with Gasteiger partial charge < -0.3 is 5.32 Å². The van der Waals surface area contributed by atoms with Crippen LogP contribution < -0.4 is 5.32 Å². The second-order valence-corrected chi connectivity index (χ2v) is 3.02. The first-order valence-corrected chi connectivity index (χ1v) is 4.22. The number of rotatable bonds is 5. The molecule has 0 bridgehead atoms. The summed E-state index contributed by atoms with van der Waals surface area (Å²) in [5.74, 6) is 0. The maximum absolute atomic E-state index is 3.32. The molecule has 1 nitrogen and oxygen atoms in total. The second-order valence-electron chi connectivity index (χ2n) is 3.02. The molecule has 1 rings (SSSR count). The lowest BCUT2D eigenvalue weighted by atomic mass is 10.2. The van der Waals surface area contributed by atoms with E-state index < -0.39 is 0 Å². The van der Waals surface area contributed by atoms with Crippen LogP contribution in [0.1, 0.15) is 33.1 Å². The SMILES string of the molecule is CCNCCCC1=C(C)C1. The minimum atomic E-state index is 1.11. The monoisotopic (exact) mass is 139 g/mol. The Morgan fingerprint density at radius 1 is 1.50 bits per heavy atom. The third-order valence-electron chi connectivity index (χ3n) is 2.04. The minimum Gasteiger partial charge on any atom is -0.317 e. The largest absolute Gasteiger partial charge is 0.317 e. The van der Waals surface area contributed by atoms with Crippen molar-refractivity contribution >= 4 is 0 Å². The fraction of sp³-hybridized carbons (Fsp3) is 0.778. The summed E-state index contributed by atoms with van der Waals surface area (Å²) < 4.78 is 0. The third kappa shape index (κ3) is 2.53. The van der Waals surface area contributed by atoms with E-state index >= 15 is 0 Å². The predicted molar refractivity (Wildman–Crippen MR) is 45.1 cm³/mol. The van der Waals surface area contributed by atoms with Crippen molar-refractivity contribution in [3.63, 3.8) is 0 Å². The van der Waals surface area contributed by atoms with Gasteiger partial charge in [0.25, 0.3) is 0 Å². The summed E-state index contributed by atoms with van der Waals surface area (Å²) in [4.78, 5) is 0. The molecule has 1 N–H and O–H groups in total. The predicted octanol–water partition coefficient (Wildman–Crippen LogP) is 2.10. The molecule has 1 heteroatoms. The van der Waals surface area contributed by atoms with Crippen molar-refractivity contribution in [3.8, 4) is 0 Å². The van der Waals surface area contributed by atoms with Crippen LogP contribution in [0.3, 0.4) is 0 Å². The Balaban J connectivity index is 1.87. The highest BCUT2D eigenvalue weighted by molar-refractivity contribution is 5.32. The van der Waals surface area contributed by atoms with Gasteiger partial charge >= 0.3 is 0 Å². The highest BCUT2D eigenvalue weighted by Gasteiger charge is 2.14. The quantitative estimate of drug-likeness (QED) is 0.454. The molecule has 0 radical (unpaired) electrons. The molecule has 0 fully saturated rings. The summed E-state index contributed by atoms with van der Waals surface area (Å²) in [5.41, 5.74) is 3.34. The zero-order valence-corrected chi connectivity index (χ0v) is 7.04. The Kier molecular flexibility index (Phi) is 2.94. The number of allylic oxidation sites excluding steroid dienone is 2. The van der Waals surface area contributed by atoms with Gasteiger partial charge in [-0.05, 0) is 39.3 Å². The van der Waals surface area contributed by atoms with Crippen LogP contribution in [0, 0.1) is 0 Å². The molecule has 58 valence electrons. The van der Waals surface area contributed by atoms with E-state index in [4.69, 9.17) is 0 Å². The zero-order chi connectivity index (χ0) is 7.40. The average Bonchev–Trinajstić information content (AvgIpc) is 2.60. The molecular formula is C9H17N. The molecule has 0 aliphatic heterocycles. The molecule has 0 spiro atoms. The Labute approximate surface area is 63.5 Å². The lowest BCUT2D eigenvalue weighted by molar-refractivity contribution is 0.674. The van der Waals surface area contributed by atoms with Crippen molar-refractivity contribution in [1.82, 2.24) is 5.32 Å². The Bertz CT molecular complexity index is 136. The van der Waals surface area contributed by atoms with Gasteiger partial charge in [0.15, 0.2) is 0 Å². The van der Waals surface area contributed by atoms with E-state index in [1.165, 1.54) is 25.8 Å². The topological polar surface area (TPSA) is 12.0 Å². The summed E-state index contributed by atoms with van der Waals surface area (Å²) >= 11 is 0. The summed E-state index contributed by atoms with van der Waals surface area (Å²) in [6.07, 6.45) is 3.98. The molecule has 0 aromatic heterocycles. The number of nitrogens with one attached hydrogen (secondary N) is 1. The lowest BCUT2D eigenvalue weighted by Gasteiger charge is -1.97. The summed E-state index contributed by atoms with van der Waals surface area (Å²) in [7, 11) is 0. The normalized spacial score (nSPS) is 16.2. The highest BCUT2D eigenvalue weighted by atomic mass is 14.8. The van der Waals surface area contributed by atoms with Crippen LogP contribution in [0.25, 0.3) is 0 Å². The van der Waals surface area contributed by atoms with Crippen LogP contribution in [0.4, 0.5) is 0 Å². The van der Waals surface area contributed by atoms with Crippen LogP contribution in [0.5, 0.6) is 0 Å². The van der Waals surface area contributed by atoms with Crippen LogP contribution in [0.15, 0.2) is 11.1 Å². The van der Waals surface area contributed by atoms with Crippen LogP contribution in [-0.4, -0.2) is 13.1 Å². The fourth-order valence-electron chi connectivity index (χ4n) is 1.18. The van der Waals surface area contributed by atoms with Gasteiger partial charge in [0.05, 0.1) is 0 Å². The first kappa shape index (κ1) is 7.80. The molecule has 1 aliphatic carbocycles. The Hall–Kier alpha value is -0.300. The highest BCUT2D eigenvalue weighted by Crippen LogP contribution is 2.33. The van der Waals surface area contributed by atoms with Crippen molar-refractivity contribution in [2.24, 2.45) is 0 Å². The molecule has 0 heterocycles. The van der Waals surface area contributed by atoms with Gasteiger partial charge in [-0.1, -0.05) is 18.1 Å². The molecule has 0 aromatic rings. The van der Waals surface area contributed by atoms with Gasteiger partial charge in [-0.25, -0.2) is 0 Å². The number of hydrogen-bond donors (Lipinski definition) is 1. The lowest BCUT2D eigenvalue weighted by Crippen LogP contribution is -2.13. The van der Waals surface area contributed by atoms with Gasteiger partial charge in [-0.2, -0.15) is 0 Å². The Morgan fingerprint density at radius 2 is 2.20 bits per heavy atom. The first-order valence-electron chi connectivity index (χ1n) is 4.22. The molecule has 0 saturated carbocycles. The molecule has 0 atom stereocenters. The van der Waals surface area contributed by atoms with E-state index in [9.17, 15) is 0 Å². The van der Waals surface area contributed by atoms with Crippen molar-refractivity contribution in [3.05, 3.63) is 11.1 Å². The van der Waals surface area contributed by atoms with Crippen molar-refractivity contribution in [1.29, 1.82) is 0 Å². The van der Waals surface area contributed by atoms with E-state index in [-0.39, 0.29) is 0 Å². The smallest absolute Gasteiger partial charge is 0.00460 e. The van der Waals surface area contributed by atoms with E-state index in [1.54, 1.807) is 11.1 Å². The van der Waals surface area contributed by atoms with Crippen LogP contribution in [-0.2, 0) is 0 Å². The minimum absolute atomic E-state index is 1.11. The van der Waals surface area contributed by atoms with E-state index in [0.29, 0.717) is 0 Å². The van der Waals surface area contributed by atoms with Gasteiger partial charge in [0, 0.05) is 0 Å². The van der Waals surface area contributed by atoms with Crippen molar-refractivity contribution < 1.29 is 0 Å². The Morgan fingerprint density at radius 3 is 2.70 bits per heavy atom. The fourth-order valence-corrected chi connectivity index (χ4v) is 1.18. The summed E-state index contributed by atoms with van der Waals surface area (Å²) in [6.45, 7) is 6.69. The summed E-state index contributed by atoms with van der Waals surface area (Å²) in [5, 5.41) is 3.32. The molecule has 10 heavy (non-hydrogen) atoms. The van der Waals surface area contributed by atoms with Gasteiger partial charge in [0.1, 0.15) is 0 Å². The van der Waals surface area contributed by atoms with Crippen LogP contribution in [0.2, 0.25) is 0 Å². The average molecular weight is 139 g/mol. The van der Waals surface area contributed by atoms with Gasteiger partial charge in [-0.3, -0.25) is 0 Å². The van der Waals surface area contributed by atoms with Gasteiger partial charge in [-0.15, -0.1) is 0 Å². The molecule has 0 unspecified atom stereocenters. The molecule has 0 saturated heterocycles. The third-order valence-corrected chi connectivity index (χ3v) is 2.04. The van der Waals surface area contributed by atoms with Crippen LogP contribution >= 0.6 is 0 Å².